The average Bonchev–Trinajstić information content (AvgIpc) is 2.93. The van der Waals surface area contributed by atoms with Crippen molar-refractivity contribution in [2.75, 3.05) is 0 Å². The highest BCUT2D eigenvalue weighted by atomic mass is 15.3. The van der Waals surface area contributed by atoms with E-state index in [-0.39, 0.29) is 12.3 Å². The molecule has 0 bridgehead atoms. The van der Waals surface area contributed by atoms with Gasteiger partial charge in [0.1, 0.15) is 6.17 Å². The molecule has 0 saturated carbocycles. The molecule has 2 unspecified atom stereocenters. The molecule has 0 amide bonds. The largest absolute Gasteiger partial charge is 0.367 e. The van der Waals surface area contributed by atoms with Gasteiger partial charge in [0, 0.05) is 12.4 Å². The van der Waals surface area contributed by atoms with Crippen LogP contribution < -0.4 is 11.1 Å². The van der Waals surface area contributed by atoms with Gasteiger partial charge in [-0.1, -0.05) is 64.4 Å². The summed E-state index contributed by atoms with van der Waals surface area (Å²) in [5.41, 5.74) is 5.92. The Morgan fingerprint density at radius 2 is 1.71 bits per heavy atom. The summed E-state index contributed by atoms with van der Waals surface area (Å²) in [7, 11) is 0. The van der Waals surface area contributed by atoms with E-state index in [1.807, 2.05) is 19.3 Å². The van der Waals surface area contributed by atoms with Crippen LogP contribution in [0.15, 0.2) is 24.6 Å². The van der Waals surface area contributed by atoms with Crippen molar-refractivity contribution in [2.24, 2.45) is 5.73 Å². The Hall–Kier alpha value is -0.960. The Morgan fingerprint density at radius 1 is 1.10 bits per heavy atom. The van der Waals surface area contributed by atoms with Crippen molar-refractivity contribution in [3.8, 4) is 0 Å². The van der Waals surface area contributed by atoms with Gasteiger partial charge in [0.05, 0.1) is 6.17 Å². The van der Waals surface area contributed by atoms with Crippen LogP contribution in [0.2, 0.25) is 0 Å². The van der Waals surface area contributed by atoms with Crippen molar-refractivity contribution in [1.82, 2.24) is 10.2 Å². The van der Waals surface area contributed by atoms with E-state index >= 15 is 0 Å². The van der Waals surface area contributed by atoms with Gasteiger partial charge in [-0.15, -0.1) is 0 Å². The zero-order valence-corrected chi connectivity index (χ0v) is 14.1. The fourth-order valence-electron chi connectivity index (χ4n) is 2.75. The van der Waals surface area contributed by atoms with Crippen molar-refractivity contribution in [1.29, 1.82) is 0 Å². The minimum Gasteiger partial charge on any atom is -0.367 e. The Kier molecular flexibility index (Phi) is 10.1. The first kappa shape index (κ1) is 18.1. The summed E-state index contributed by atoms with van der Waals surface area (Å²) in [6.07, 6.45) is 22.5. The van der Waals surface area contributed by atoms with Crippen molar-refractivity contribution in [3.05, 3.63) is 24.6 Å². The summed E-state index contributed by atoms with van der Waals surface area (Å²) >= 11 is 0. The molecule has 1 aliphatic heterocycles. The highest BCUT2D eigenvalue weighted by Gasteiger charge is 2.17. The number of nitrogens with zero attached hydrogens (tertiary/aromatic N) is 1. The van der Waals surface area contributed by atoms with E-state index in [1.165, 1.54) is 64.2 Å². The van der Waals surface area contributed by atoms with Crippen molar-refractivity contribution in [3.63, 3.8) is 0 Å². The first-order valence-corrected chi connectivity index (χ1v) is 8.88. The summed E-state index contributed by atoms with van der Waals surface area (Å²) in [6.45, 7) is 4.29. The van der Waals surface area contributed by atoms with Gasteiger partial charge >= 0.3 is 0 Å². The fraction of sp³-hybridized carbons (Fsp3) is 0.778. The van der Waals surface area contributed by atoms with Gasteiger partial charge < -0.3 is 16.0 Å². The molecule has 3 N–H and O–H groups in total. The van der Waals surface area contributed by atoms with Crippen LogP contribution in [-0.4, -0.2) is 17.2 Å². The molecular formula is C18H35N3. The number of rotatable bonds is 12. The molecule has 1 rings (SSSR count). The second kappa shape index (κ2) is 11.7. The molecule has 122 valence electrons. The Bertz CT molecular complexity index is 297. The van der Waals surface area contributed by atoms with Crippen LogP contribution in [0.25, 0.3) is 0 Å². The average molecular weight is 293 g/mol. The summed E-state index contributed by atoms with van der Waals surface area (Å²) < 4.78 is 0. The molecule has 0 saturated heterocycles. The van der Waals surface area contributed by atoms with E-state index in [4.69, 9.17) is 5.73 Å². The van der Waals surface area contributed by atoms with Crippen LogP contribution in [0.3, 0.4) is 0 Å². The Morgan fingerprint density at radius 3 is 2.33 bits per heavy atom. The van der Waals surface area contributed by atoms with E-state index < -0.39 is 0 Å². The number of nitrogens with two attached hydrogens (primary N) is 1. The summed E-state index contributed by atoms with van der Waals surface area (Å²) in [4.78, 5) is 2.13. The number of allylic oxidation sites excluding steroid dienone is 1. The van der Waals surface area contributed by atoms with E-state index in [0.717, 1.165) is 0 Å². The van der Waals surface area contributed by atoms with Gasteiger partial charge in [-0.2, -0.15) is 0 Å². The minimum absolute atomic E-state index is 0.0543. The Labute approximate surface area is 131 Å². The van der Waals surface area contributed by atoms with E-state index in [9.17, 15) is 0 Å². The SMILES string of the molecule is CCCCCCCCCCC/C=C/C1NC=CN1C(C)N. The zero-order chi connectivity index (χ0) is 15.3. The molecular weight excluding hydrogens is 258 g/mol. The van der Waals surface area contributed by atoms with Gasteiger partial charge in [-0.05, 0) is 25.8 Å². The summed E-state index contributed by atoms with van der Waals surface area (Å²) in [5.74, 6) is 0. The van der Waals surface area contributed by atoms with Crippen LogP contribution in [0.4, 0.5) is 0 Å². The molecule has 1 heterocycles. The predicted octanol–water partition coefficient (Wildman–Crippen LogP) is 4.47. The van der Waals surface area contributed by atoms with Crippen LogP contribution in [0, 0.1) is 0 Å². The first-order valence-electron chi connectivity index (χ1n) is 8.88. The minimum atomic E-state index is 0.0543. The second-order valence-corrected chi connectivity index (χ2v) is 6.16. The molecule has 2 atom stereocenters. The second-order valence-electron chi connectivity index (χ2n) is 6.16. The number of hydrogen-bond acceptors (Lipinski definition) is 3. The van der Waals surface area contributed by atoms with E-state index in [2.05, 4.69) is 29.3 Å². The summed E-state index contributed by atoms with van der Waals surface area (Å²) in [5, 5.41) is 3.30. The van der Waals surface area contributed by atoms with Crippen LogP contribution in [0.1, 0.15) is 78.1 Å². The molecule has 21 heavy (non-hydrogen) atoms. The lowest BCUT2D eigenvalue weighted by Crippen LogP contribution is -2.43. The number of nitrogens with one attached hydrogen (secondary N) is 1. The van der Waals surface area contributed by atoms with Crippen molar-refractivity contribution in [2.45, 2.75) is 90.4 Å². The van der Waals surface area contributed by atoms with Crippen LogP contribution in [0.5, 0.6) is 0 Å². The third-order valence-corrected chi connectivity index (χ3v) is 4.10. The molecule has 0 fully saturated rings. The third kappa shape index (κ3) is 8.15. The maximum Gasteiger partial charge on any atom is 0.119 e. The van der Waals surface area contributed by atoms with Gasteiger partial charge in [0.25, 0.3) is 0 Å². The molecule has 0 aromatic rings. The van der Waals surface area contributed by atoms with Gasteiger partial charge in [0.15, 0.2) is 0 Å². The topological polar surface area (TPSA) is 41.3 Å². The quantitative estimate of drug-likeness (QED) is 0.412. The normalized spacial score (nSPS) is 19.4. The van der Waals surface area contributed by atoms with Crippen LogP contribution >= 0.6 is 0 Å². The lowest BCUT2D eigenvalue weighted by molar-refractivity contribution is 0.259. The summed E-state index contributed by atoms with van der Waals surface area (Å²) in [6, 6.07) is 0. The molecule has 0 aliphatic carbocycles. The van der Waals surface area contributed by atoms with E-state index in [0.29, 0.717) is 0 Å². The predicted molar refractivity (Wildman–Crippen MR) is 92.5 cm³/mol. The van der Waals surface area contributed by atoms with Crippen molar-refractivity contribution < 1.29 is 0 Å². The molecule has 0 aromatic heterocycles. The standard InChI is InChI=1S/C18H35N3/c1-3-4-5-6-7-8-9-10-11-12-13-14-18-20-15-16-21(18)17(2)19/h13-18,20H,3-12,19H2,1-2H3/b14-13+. The molecule has 1 aliphatic rings. The maximum absolute atomic E-state index is 5.92. The highest BCUT2D eigenvalue weighted by molar-refractivity contribution is 5.05. The fourth-order valence-corrected chi connectivity index (χ4v) is 2.75. The first-order chi connectivity index (χ1) is 10.3. The lowest BCUT2D eigenvalue weighted by atomic mass is 10.1. The smallest absolute Gasteiger partial charge is 0.119 e. The lowest BCUT2D eigenvalue weighted by Gasteiger charge is -2.26. The molecule has 0 aromatic carbocycles. The molecule has 0 radical (unpaired) electrons. The highest BCUT2D eigenvalue weighted by Crippen LogP contribution is 2.12. The zero-order valence-electron chi connectivity index (χ0n) is 14.1. The van der Waals surface area contributed by atoms with Crippen LogP contribution in [-0.2, 0) is 0 Å². The molecule has 3 nitrogen and oxygen atoms in total. The van der Waals surface area contributed by atoms with Gasteiger partial charge in [-0.3, -0.25) is 0 Å². The number of hydrogen-bond donors (Lipinski definition) is 2. The number of unbranched alkanes of at least 4 members (excludes halogenated alkanes) is 9. The maximum atomic E-state index is 5.92. The Balaban J connectivity index is 1.93. The molecule has 0 spiro atoms. The van der Waals surface area contributed by atoms with Gasteiger partial charge in [0.2, 0.25) is 0 Å². The monoisotopic (exact) mass is 293 g/mol. The molecule has 3 heteroatoms. The third-order valence-electron chi connectivity index (χ3n) is 4.10. The van der Waals surface area contributed by atoms with E-state index in [1.54, 1.807) is 0 Å². The van der Waals surface area contributed by atoms with Crippen molar-refractivity contribution >= 4 is 0 Å². The van der Waals surface area contributed by atoms with Gasteiger partial charge in [-0.25, -0.2) is 0 Å².